The van der Waals surface area contributed by atoms with Gasteiger partial charge in [0.2, 0.25) is 0 Å². The topological polar surface area (TPSA) is 3.24 Å². The van der Waals surface area contributed by atoms with Gasteiger partial charge in [-0.25, -0.2) is 0 Å². The average Bonchev–Trinajstić information content (AvgIpc) is 2.54. The van der Waals surface area contributed by atoms with Crippen molar-refractivity contribution in [3.63, 3.8) is 0 Å². The number of hydrogen-bond acceptors (Lipinski definition) is 1. The van der Waals surface area contributed by atoms with E-state index < -0.39 is 0 Å². The molecule has 0 N–H and O–H groups in total. The van der Waals surface area contributed by atoms with Gasteiger partial charge in [-0.3, -0.25) is 4.90 Å². The minimum atomic E-state index is 0.491. The van der Waals surface area contributed by atoms with Crippen LogP contribution in [-0.2, 0) is 12.8 Å². The Balaban J connectivity index is 1.64. The van der Waals surface area contributed by atoms with Gasteiger partial charge in [-0.05, 0) is 67.3 Å². The molecule has 2 aliphatic heterocycles. The minimum absolute atomic E-state index is 0.491. The van der Waals surface area contributed by atoms with Crippen LogP contribution in [0.4, 0.5) is 0 Å². The lowest BCUT2D eigenvalue weighted by molar-refractivity contribution is 0.0642. The molecular weight excluding hydrogens is 346 g/mol. The van der Waals surface area contributed by atoms with Crippen LogP contribution in [0.3, 0.4) is 0 Å². The van der Waals surface area contributed by atoms with Crippen LogP contribution in [0.5, 0.6) is 0 Å². The molecule has 23 heavy (non-hydrogen) atoms. The van der Waals surface area contributed by atoms with E-state index in [4.69, 9.17) is 0 Å². The molecule has 5 rings (SSSR count). The van der Waals surface area contributed by atoms with Gasteiger partial charge in [0.1, 0.15) is 0 Å². The molecule has 0 spiro atoms. The molecule has 1 fully saturated rings. The maximum absolute atomic E-state index is 3.63. The van der Waals surface area contributed by atoms with Gasteiger partial charge in [0.05, 0.1) is 0 Å². The molecule has 3 aliphatic rings. The Bertz CT molecular complexity index is 696. The van der Waals surface area contributed by atoms with Crippen molar-refractivity contribution in [1.82, 2.24) is 4.90 Å². The van der Waals surface area contributed by atoms with Gasteiger partial charge < -0.3 is 0 Å². The van der Waals surface area contributed by atoms with Crippen LogP contribution in [-0.4, -0.2) is 17.5 Å². The fraction of sp³-hybridized carbons (Fsp3) is 0.429. The van der Waals surface area contributed by atoms with E-state index in [1.54, 1.807) is 11.1 Å². The summed E-state index contributed by atoms with van der Waals surface area (Å²) < 4.78 is 1.18. The van der Waals surface area contributed by atoms with Crippen molar-refractivity contribution in [3.05, 3.63) is 69.7 Å². The van der Waals surface area contributed by atoms with Crippen LogP contribution in [0.2, 0.25) is 0 Å². The standard InChI is InChI=1S/C21H24BrN/c1-15(17-7-4-8-20(22)12-17)23-14-16-9-10-21(23)13-19-6-3-2-5-18(19)11-16/h2-8,12,15-16,21H,9-11,13-14H2,1H3/t15?,16-,21+/m0/s1. The highest BCUT2D eigenvalue weighted by molar-refractivity contribution is 9.10. The van der Waals surface area contributed by atoms with E-state index >= 15 is 0 Å². The molecule has 2 bridgehead atoms. The number of fused-ring (bicyclic) bond motifs is 2. The zero-order valence-electron chi connectivity index (χ0n) is 13.7. The molecular formula is C21H24BrN. The highest BCUT2D eigenvalue weighted by Crippen LogP contribution is 2.37. The summed E-state index contributed by atoms with van der Waals surface area (Å²) in [5.74, 6) is 0.808. The van der Waals surface area contributed by atoms with E-state index in [2.05, 4.69) is 76.3 Å². The van der Waals surface area contributed by atoms with Crippen molar-refractivity contribution in [2.45, 2.75) is 44.7 Å². The van der Waals surface area contributed by atoms with E-state index in [-0.39, 0.29) is 0 Å². The van der Waals surface area contributed by atoms with E-state index in [0.29, 0.717) is 12.1 Å². The van der Waals surface area contributed by atoms with Crippen molar-refractivity contribution < 1.29 is 0 Å². The summed E-state index contributed by atoms with van der Waals surface area (Å²) in [5.41, 5.74) is 4.60. The summed E-state index contributed by atoms with van der Waals surface area (Å²) in [6.45, 7) is 3.62. The van der Waals surface area contributed by atoms with Gasteiger partial charge in [-0.15, -0.1) is 0 Å². The van der Waals surface area contributed by atoms with E-state index in [1.807, 2.05) is 0 Å². The van der Waals surface area contributed by atoms with Crippen LogP contribution >= 0.6 is 15.9 Å². The Morgan fingerprint density at radius 1 is 1.00 bits per heavy atom. The lowest BCUT2D eigenvalue weighted by Gasteiger charge is -2.45. The summed E-state index contributed by atoms with van der Waals surface area (Å²) in [4.78, 5) is 2.77. The minimum Gasteiger partial charge on any atom is -0.293 e. The molecule has 2 heteroatoms. The molecule has 0 amide bonds. The second-order valence-corrected chi connectivity index (χ2v) is 8.12. The molecule has 120 valence electrons. The Hall–Kier alpha value is -1.12. The van der Waals surface area contributed by atoms with Crippen molar-refractivity contribution >= 4 is 15.9 Å². The zero-order chi connectivity index (χ0) is 15.8. The summed E-state index contributed by atoms with van der Waals surface area (Å²) in [6, 6.07) is 19.1. The van der Waals surface area contributed by atoms with Gasteiger partial charge in [-0.1, -0.05) is 52.3 Å². The molecule has 1 aliphatic carbocycles. The van der Waals surface area contributed by atoms with Gasteiger partial charge in [-0.2, -0.15) is 0 Å². The Labute approximate surface area is 147 Å². The Morgan fingerprint density at radius 3 is 2.57 bits per heavy atom. The molecule has 0 saturated carbocycles. The van der Waals surface area contributed by atoms with Gasteiger partial charge in [0.15, 0.2) is 0 Å². The van der Waals surface area contributed by atoms with Gasteiger partial charge in [0.25, 0.3) is 0 Å². The predicted molar refractivity (Wildman–Crippen MR) is 99.6 cm³/mol. The lowest BCUT2D eigenvalue weighted by atomic mass is 9.79. The number of halogens is 1. The first-order chi connectivity index (χ1) is 11.2. The smallest absolute Gasteiger partial charge is 0.0323 e. The summed E-state index contributed by atoms with van der Waals surface area (Å²) in [7, 11) is 0. The average molecular weight is 370 g/mol. The molecule has 3 atom stereocenters. The van der Waals surface area contributed by atoms with Crippen molar-refractivity contribution in [2.75, 3.05) is 6.54 Å². The summed E-state index contributed by atoms with van der Waals surface area (Å²) in [6.07, 6.45) is 5.20. The highest BCUT2D eigenvalue weighted by atomic mass is 79.9. The van der Waals surface area contributed by atoms with Crippen molar-refractivity contribution in [2.24, 2.45) is 5.92 Å². The Morgan fingerprint density at radius 2 is 1.78 bits per heavy atom. The van der Waals surface area contributed by atoms with Crippen LogP contribution in [0.25, 0.3) is 0 Å². The van der Waals surface area contributed by atoms with Crippen LogP contribution in [0.15, 0.2) is 53.0 Å². The van der Waals surface area contributed by atoms with Crippen LogP contribution in [0.1, 0.15) is 42.5 Å². The van der Waals surface area contributed by atoms with E-state index in [1.165, 1.54) is 42.3 Å². The first-order valence-corrected chi connectivity index (χ1v) is 9.58. The third-order valence-electron chi connectivity index (χ3n) is 5.76. The second kappa shape index (κ2) is 6.41. The summed E-state index contributed by atoms with van der Waals surface area (Å²) in [5, 5.41) is 0. The lowest BCUT2D eigenvalue weighted by Crippen LogP contribution is -2.47. The molecule has 0 aromatic heterocycles. The zero-order valence-corrected chi connectivity index (χ0v) is 15.3. The fourth-order valence-electron chi connectivity index (χ4n) is 4.47. The quantitative estimate of drug-likeness (QED) is 0.685. The molecule has 0 radical (unpaired) electrons. The third kappa shape index (κ3) is 3.12. The van der Waals surface area contributed by atoms with Gasteiger partial charge >= 0.3 is 0 Å². The SMILES string of the molecule is CC(c1cccc(Br)c1)N1C[C@H]2CC[C@@H]1Cc1ccccc1C2. The molecule has 1 unspecified atom stereocenters. The first kappa shape index (κ1) is 15.4. The number of benzene rings is 2. The number of hydrogen-bond donors (Lipinski definition) is 0. The molecule has 2 aromatic carbocycles. The van der Waals surface area contributed by atoms with E-state index in [0.717, 1.165) is 5.92 Å². The normalized spacial score (nSPS) is 25.5. The molecule has 2 aromatic rings. The summed E-state index contributed by atoms with van der Waals surface area (Å²) >= 11 is 3.63. The van der Waals surface area contributed by atoms with E-state index in [9.17, 15) is 0 Å². The molecule has 1 saturated heterocycles. The largest absolute Gasteiger partial charge is 0.293 e. The number of rotatable bonds is 2. The maximum atomic E-state index is 3.63. The predicted octanol–water partition coefficient (Wildman–Crippen LogP) is 5.39. The van der Waals surface area contributed by atoms with Crippen molar-refractivity contribution in [3.8, 4) is 0 Å². The monoisotopic (exact) mass is 369 g/mol. The third-order valence-corrected chi connectivity index (χ3v) is 6.25. The second-order valence-electron chi connectivity index (χ2n) is 7.20. The van der Waals surface area contributed by atoms with Crippen LogP contribution in [0, 0.1) is 5.92 Å². The van der Waals surface area contributed by atoms with Gasteiger partial charge in [0, 0.05) is 23.1 Å². The Kier molecular flexibility index (Phi) is 4.29. The highest BCUT2D eigenvalue weighted by Gasteiger charge is 2.34. The van der Waals surface area contributed by atoms with Crippen molar-refractivity contribution in [1.29, 1.82) is 0 Å². The maximum Gasteiger partial charge on any atom is 0.0323 e. The molecule has 1 nitrogen and oxygen atoms in total. The van der Waals surface area contributed by atoms with Crippen LogP contribution < -0.4 is 0 Å². The molecule has 2 heterocycles. The number of nitrogens with zero attached hydrogens (tertiary/aromatic N) is 1. The number of piperidine rings is 1. The first-order valence-electron chi connectivity index (χ1n) is 8.78. The fourth-order valence-corrected chi connectivity index (χ4v) is 4.89.